The number of hydrogen-bond donors (Lipinski definition) is 0. The van der Waals surface area contributed by atoms with Gasteiger partial charge in [-0.15, -0.1) is 5.92 Å². The molecule has 2 nitrogen and oxygen atoms in total. The van der Waals surface area contributed by atoms with Crippen molar-refractivity contribution >= 4 is 0 Å². The maximum atomic E-state index is 5.19. The lowest BCUT2D eigenvalue weighted by molar-refractivity contribution is -0.185. The van der Waals surface area contributed by atoms with E-state index in [0.717, 1.165) is 18.9 Å². The van der Waals surface area contributed by atoms with Crippen molar-refractivity contribution in [3.63, 3.8) is 0 Å². The Labute approximate surface area is 105 Å². The topological polar surface area (TPSA) is 12.5 Å². The van der Waals surface area contributed by atoms with Gasteiger partial charge in [0.05, 0.1) is 6.61 Å². The van der Waals surface area contributed by atoms with E-state index in [2.05, 4.69) is 23.7 Å². The Morgan fingerprint density at radius 3 is 2.59 bits per heavy atom. The summed E-state index contributed by atoms with van der Waals surface area (Å²) in [4.78, 5) is 2.61. The summed E-state index contributed by atoms with van der Waals surface area (Å²) < 4.78 is 5.19. The Morgan fingerprint density at radius 1 is 1.29 bits per heavy atom. The summed E-state index contributed by atoms with van der Waals surface area (Å²) in [6, 6.07) is 0. The van der Waals surface area contributed by atoms with Gasteiger partial charge < -0.3 is 9.64 Å². The number of nitrogens with zero attached hydrogens (tertiary/aromatic N) is 1. The Kier molecular flexibility index (Phi) is 2.72. The molecule has 3 saturated carbocycles. The van der Waals surface area contributed by atoms with E-state index in [9.17, 15) is 0 Å². The molecule has 0 N–H and O–H groups in total. The molecule has 4 rings (SSSR count). The lowest BCUT2D eigenvalue weighted by atomic mass is 9.35. The molecule has 1 heterocycles. The predicted octanol–water partition coefficient (Wildman–Crippen LogP) is 2.15. The average Bonchev–Trinajstić information content (AvgIpc) is 2.15. The van der Waals surface area contributed by atoms with Gasteiger partial charge in [0.1, 0.15) is 0 Å². The molecule has 17 heavy (non-hydrogen) atoms. The van der Waals surface area contributed by atoms with Gasteiger partial charge in [-0.1, -0.05) is 12.8 Å². The first-order chi connectivity index (χ1) is 8.19. The molecule has 0 unspecified atom stereocenters. The van der Waals surface area contributed by atoms with Crippen molar-refractivity contribution in [2.75, 3.05) is 33.4 Å². The van der Waals surface area contributed by atoms with E-state index < -0.39 is 0 Å². The summed E-state index contributed by atoms with van der Waals surface area (Å²) in [7, 11) is 1.81. The standard InChI is InChI=1S/C15H23NO/c1-3-4-5-14-9-15(10-14,11-14)12-16-6-13(7-16)8-17-2/h13H,3,6-12H2,1-2H3. The molecule has 4 fully saturated rings. The van der Waals surface area contributed by atoms with E-state index in [1.54, 1.807) is 7.11 Å². The predicted molar refractivity (Wildman–Crippen MR) is 68.6 cm³/mol. The van der Waals surface area contributed by atoms with E-state index >= 15 is 0 Å². The van der Waals surface area contributed by atoms with Crippen LogP contribution in [0.25, 0.3) is 0 Å². The second-order valence-electron chi connectivity index (χ2n) is 6.48. The van der Waals surface area contributed by atoms with E-state index in [1.807, 2.05) is 0 Å². The molecular weight excluding hydrogens is 210 g/mol. The van der Waals surface area contributed by atoms with Crippen LogP contribution in [0.5, 0.6) is 0 Å². The third kappa shape index (κ3) is 1.90. The second-order valence-corrected chi connectivity index (χ2v) is 6.48. The van der Waals surface area contributed by atoms with Gasteiger partial charge in [0.25, 0.3) is 0 Å². The van der Waals surface area contributed by atoms with Crippen molar-refractivity contribution in [1.29, 1.82) is 0 Å². The zero-order chi connectivity index (χ0) is 11.9. The fraction of sp³-hybridized carbons (Fsp3) is 0.867. The Morgan fingerprint density at radius 2 is 2.00 bits per heavy atom. The molecule has 2 heteroatoms. The van der Waals surface area contributed by atoms with Crippen molar-refractivity contribution in [2.45, 2.75) is 32.6 Å². The van der Waals surface area contributed by atoms with Crippen molar-refractivity contribution < 1.29 is 4.74 Å². The molecule has 0 spiro atoms. The minimum atomic E-state index is 0.465. The molecule has 0 atom stereocenters. The smallest absolute Gasteiger partial charge is 0.0515 e. The van der Waals surface area contributed by atoms with Crippen LogP contribution in [0.15, 0.2) is 0 Å². The van der Waals surface area contributed by atoms with Gasteiger partial charge in [-0.2, -0.15) is 0 Å². The van der Waals surface area contributed by atoms with E-state index in [4.69, 9.17) is 4.74 Å². The lowest BCUT2D eigenvalue weighted by Crippen LogP contribution is -2.67. The monoisotopic (exact) mass is 233 g/mol. The Hall–Kier alpha value is -0.520. The summed E-state index contributed by atoms with van der Waals surface area (Å²) in [5, 5.41) is 0. The van der Waals surface area contributed by atoms with E-state index in [0.29, 0.717) is 10.8 Å². The number of ether oxygens (including phenoxy) is 1. The maximum Gasteiger partial charge on any atom is 0.0515 e. The van der Waals surface area contributed by atoms with Gasteiger partial charge in [-0.05, 0) is 24.7 Å². The second kappa shape index (κ2) is 4.00. The molecule has 3 aliphatic carbocycles. The van der Waals surface area contributed by atoms with Crippen LogP contribution in [0, 0.1) is 28.6 Å². The molecule has 94 valence electrons. The molecule has 0 amide bonds. The first kappa shape index (κ1) is 11.6. The fourth-order valence-corrected chi connectivity index (χ4v) is 4.20. The van der Waals surface area contributed by atoms with Crippen molar-refractivity contribution in [2.24, 2.45) is 16.7 Å². The molecule has 0 radical (unpaired) electrons. The molecule has 4 aliphatic rings. The highest BCUT2D eigenvalue weighted by atomic mass is 16.5. The Bertz CT molecular complexity index is 339. The third-order valence-electron chi connectivity index (χ3n) is 4.66. The van der Waals surface area contributed by atoms with Crippen LogP contribution < -0.4 is 0 Å². The van der Waals surface area contributed by atoms with Crippen LogP contribution in [0.3, 0.4) is 0 Å². The summed E-state index contributed by atoms with van der Waals surface area (Å²) >= 11 is 0. The van der Waals surface area contributed by atoms with Crippen LogP contribution in [0.1, 0.15) is 32.6 Å². The van der Waals surface area contributed by atoms with Gasteiger partial charge in [0.15, 0.2) is 0 Å². The third-order valence-corrected chi connectivity index (χ3v) is 4.66. The van der Waals surface area contributed by atoms with Gasteiger partial charge in [0.2, 0.25) is 0 Å². The van der Waals surface area contributed by atoms with E-state index in [1.165, 1.54) is 38.9 Å². The molecule has 1 saturated heterocycles. The molecule has 0 aromatic heterocycles. The summed E-state index contributed by atoms with van der Waals surface area (Å²) in [6.45, 7) is 6.91. The van der Waals surface area contributed by atoms with Crippen LogP contribution in [-0.4, -0.2) is 38.3 Å². The molecule has 1 aliphatic heterocycles. The van der Waals surface area contributed by atoms with Crippen LogP contribution in [-0.2, 0) is 4.74 Å². The summed E-state index contributed by atoms with van der Waals surface area (Å²) in [6.07, 6.45) is 5.13. The minimum absolute atomic E-state index is 0.465. The summed E-state index contributed by atoms with van der Waals surface area (Å²) in [5.41, 5.74) is 1.13. The zero-order valence-corrected chi connectivity index (χ0v) is 11.1. The van der Waals surface area contributed by atoms with Crippen molar-refractivity contribution in [3.8, 4) is 11.8 Å². The van der Waals surface area contributed by atoms with Gasteiger partial charge in [-0.3, -0.25) is 0 Å². The molecule has 2 bridgehead atoms. The summed E-state index contributed by atoms with van der Waals surface area (Å²) in [5.74, 6) is 7.55. The highest BCUT2D eigenvalue weighted by molar-refractivity contribution is 5.31. The molecule has 0 aromatic carbocycles. The number of methoxy groups -OCH3 is 1. The highest BCUT2D eigenvalue weighted by Crippen LogP contribution is 2.73. The van der Waals surface area contributed by atoms with Crippen molar-refractivity contribution in [1.82, 2.24) is 4.90 Å². The Balaban J connectivity index is 1.40. The maximum absolute atomic E-state index is 5.19. The van der Waals surface area contributed by atoms with E-state index in [-0.39, 0.29) is 0 Å². The number of hydrogen-bond acceptors (Lipinski definition) is 2. The normalized spacial score (nSPS) is 39.6. The molecule has 0 aromatic rings. The highest BCUT2D eigenvalue weighted by Gasteiger charge is 2.67. The fourth-order valence-electron chi connectivity index (χ4n) is 4.20. The molecular formula is C15H23NO. The van der Waals surface area contributed by atoms with Gasteiger partial charge >= 0.3 is 0 Å². The van der Waals surface area contributed by atoms with Gasteiger partial charge in [-0.25, -0.2) is 0 Å². The van der Waals surface area contributed by atoms with Gasteiger partial charge in [0, 0.05) is 44.5 Å². The van der Waals surface area contributed by atoms with Crippen LogP contribution in [0.2, 0.25) is 0 Å². The number of likely N-dealkylation sites (tertiary alicyclic amines) is 1. The van der Waals surface area contributed by atoms with Crippen molar-refractivity contribution in [3.05, 3.63) is 0 Å². The largest absolute Gasteiger partial charge is 0.384 e. The first-order valence-electron chi connectivity index (χ1n) is 6.91. The first-order valence-corrected chi connectivity index (χ1v) is 6.91. The SMILES string of the molecule is CCC#CC12CC(CN3CC(COC)C3)(C1)C2. The van der Waals surface area contributed by atoms with Crippen LogP contribution >= 0.6 is 0 Å². The average molecular weight is 233 g/mol. The minimum Gasteiger partial charge on any atom is -0.384 e. The van der Waals surface area contributed by atoms with Crippen LogP contribution in [0.4, 0.5) is 0 Å². The lowest BCUT2D eigenvalue weighted by Gasteiger charge is -2.70. The number of rotatable bonds is 4. The quantitative estimate of drug-likeness (QED) is 0.690. The zero-order valence-electron chi connectivity index (χ0n) is 11.1.